The smallest absolute Gasteiger partial charge is 1.00 e. The molecule has 2 bridgehead atoms. The molecule has 4 heterocycles. The summed E-state index contributed by atoms with van der Waals surface area (Å²) in [5, 5.41) is 20.9. The Hall–Kier alpha value is -1.32. The minimum atomic E-state index is -0.906. The second-order valence-corrected chi connectivity index (χ2v) is 6.90. The van der Waals surface area contributed by atoms with Crippen LogP contribution in [0.4, 0.5) is 0 Å². The van der Waals surface area contributed by atoms with Crippen LogP contribution in [0.15, 0.2) is 18.2 Å². The zero-order chi connectivity index (χ0) is 15.9. The predicted molar refractivity (Wildman–Crippen MR) is 88.6 cm³/mol. The Morgan fingerprint density at radius 2 is 2.04 bits per heavy atom. The molecule has 0 radical (unpaired) electrons. The van der Waals surface area contributed by atoms with Crippen LogP contribution in [0, 0.1) is 5.41 Å². The number of aromatic amines is 1. The van der Waals surface area contributed by atoms with E-state index in [1.54, 1.807) is 12.1 Å². The fraction of sp³-hybridized carbons (Fsp3) is 0.529. The number of carboxylic acids is 1. The van der Waals surface area contributed by atoms with Crippen molar-refractivity contribution in [1.29, 1.82) is 0 Å². The molecule has 1 aromatic heterocycles. The largest absolute Gasteiger partial charge is 1.00 e. The fourth-order valence-corrected chi connectivity index (χ4v) is 4.05. The number of carbonyl (C=O) groups is 1. The normalized spacial score (nSPS) is 25.6. The topological polar surface area (TPSA) is 81.2 Å². The number of carboxylic acid groups (broad SMARTS) is 1. The SMILES string of the molecule is O=C(O)c1cccc2n[nH]c(CNCC34CCN(CC3)CC4)c12.[H-].[Li+]. The van der Waals surface area contributed by atoms with Gasteiger partial charge in [0, 0.05) is 18.5 Å². The van der Waals surface area contributed by atoms with Gasteiger partial charge in [-0.2, -0.15) is 5.10 Å². The summed E-state index contributed by atoms with van der Waals surface area (Å²) in [6.45, 7) is 5.29. The summed E-state index contributed by atoms with van der Waals surface area (Å²) in [7, 11) is 0. The van der Waals surface area contributed by atoms with Gasteiger partial charge in [0.25, 0.3) is 0 Å². The summed E-state index contributed by atoms with van der Waals surface area (Å²) in [5.41, 5.74) is 2.32. The third-order valence-electron chi connectivity index (χ3n) is 5.56. The van der Waals surface area contributed by atoms with Crippen LogP contribution in [-0.2, 0) is 6.54 Å². The first-order valence-corrected chi connectivity index (χ1v) is 8.29. The van der Waals surface area contributed by atoms with Crippen LogP contribution in [0.1, 0.15) is 36.7 Å². The molecule has 5 rings (SSSR count). The number of aromatic nitrogens is 2. The summed E-state index contributed by atoms with van der Waals surface area (Å²) in [5.74, 6) is -0.906. The zero-order valence-electron chi connectivity index (χ0n) is 15.1. The number of hydrogen-bond acceptors (Lipinski definition) is 4. The van der Waals surface area contributed by atoms with Crippen LogP contribution in [0.25, 0.3) is 10.9 Å². The molecule has 3 fully saturated rings. The fourth-order valence-electron chi connectivity index (χ4n) is 4.05. The van der Waals surface area contributed by atoms with Crippen molar-refractivity contribution in [2.24, 2.45) is 5.41 Å². The summed E-state index contributed by atoms with van der Waals surface area (Å²) in [6.07, 6.45) is 3.80. The van der Waals surface area contributed by atoms with Crippen molar-refractivity contribution in [1.82, 2.24) is 20.4 Å². The van der Waals surface area contributed by atoms with Crippen LogP contribution in [0.2, 0.25) is 0 Å². The Labute approximate surface area is 154 Å². The molecular weight excluding hydrogens is 299 g/mol. The van der Waals surface area contributed by atoms with E-state index in [-0.39, 0.29) is 20.3 Å². The molecule has 2 aromatic rings. The molecule has 0 saturated carbocycles. The standard InChI is InChI=1S/C17H22N4O2.Li.H/c22-16(23)12-2-1-3-13-15(12)14(20-19-13)10-18-11-17-4-7-21(8-5-17)9-6-17;;/h1-3,18H,4-11H2,(H,19,20)(H,22,23);;/q;+1;-1. The average molecular weight is 322 g/mol. The third kappa shape index (κ3) is 3.12. The molecule has 3 N–H and O–H groups in total. The third-order valence-corrected chi connectivity index (χ3v) is 5.56. The molecule has 0 spiro atoms. The van der Waals surface area contributed by atoms with Gasteiger partial charge in [0.15, 0.2) is 0 Å². The summed E-state index contributed by atoms with van der Waals surface area (Å²) in [6, 6.07) is 5.22. The van der Waals surface area contributed by atoms with Gasteiger partial charge in [-0.05, 0) is 56.4 Å². The van der Waals surface area contributed by atoms with Gasteiger partial charge in [-0.15, -0.1) is 0 Å². The molecule has 0 amide bonds. The van der Waals surface area contributed by atoms with E-state index in [0.717, 1.165) is 17.6 Å². The van der Waals surface area contributed by atoms with E-state index in [1.807, 2.05) is 6.07 Å². The monoisotopic (exact) mass is 322 g/mol. The van der Waals surface area contributed by atoms with Crippen molar-refractivity contribution >= 4 is 16.9 Å². The number of H-pyrrole nitrogens is 1. The predicted octanol–water partition coefficient (Wildman–Crippen LogP) is -1.05. The Balaban J connectivity index is 0.00000113. The number of hydrogen-bond donors (Lipinski definition) is 3. The van der Waals surface area contributed by atoms with E-state index in [9.17, 15) is 9.90 Å². The van der Waals surface area contributed by atoms with Crippen LogP contribution in [0.3, 0.4) is 0 Å². The Morgan fingerprint density at radius 3 is 2.71 bits per heavy atom. The summed E-state index contributed by atoms with van der Waals surface area (Å²) in [4.78, 5) is 14.0. The minimum absolute atomic E-state index is 0. The Bertz CT molecular complexity index is 730. The van der Waals surface area contributed by atoms with Crippen LogP contribution < -0.4 is 24.2 Å². The number of nitrogens with one attached hydrogen (secondary N) is 2. The maximum Gasteiger partial charge on any atom is 1.00 e. The first-order valence-electron chi connectivity index (χ1n) is 8.29. The van der Waals surface area contributed by atoms with Crippen LogP contribution >= 0.6 is 0 Å². The average Bonchev–Trinajstić information content (AvgIpc) is 2.99. The van der Waals surface area contributed by atoms with Gasteiger partial charge < -0.3 is 16.7 Å². The first-order chi connectivity index (χ1) is 11.2. The second-order valence-electron chi connectivity index (χ2n) is 6.90. The van der Waals surface area contributed by atoms with Gasteiger partial charge in [-0.25, -0.2) is 4.79 Å². The van der Waals surface area contributed by atoms with E-state index in [2.05, 4.69) is 20.4 Å². The van der Waals surface area contributed by atoms with Gasteiger partial charge >= 0.3 is 24.8 Å². The van der Waals surface area contributed by atoms with Gasteiger partial charge in [-0.1, -0.05) is 6.07 Å². The second kappa shape index (κ2) is 6.89. The number of fused-ring (bicyclic) bond motifs is 4. The van der Waals surface area contributed by atoms with E-state index < -0.39 is 5.97 Å². The number of nitrogens with zero attached hydrogens (tertiary/aromatic N) is 2. The summed E-state index contributed by atoms with van der Waals surface area (Å²) >= 11 is 0. The van der Waals surface area contributed by atoms with Crippen molar-refractivity contribution < 1.29 is 30.2 Å². The summed E-state index contributed by atoms with van der Waals surface area (Å²) < 4.78 is 0. The molecule has 6 nitrogen and oxygen atoms in total. The number of aromatic carboxylic acids is 1. The molecule has 0 aliphatic carbocycles. The molecule has 24 heavy (non-hydrogen) atoms. The van der Waals surface area contributed by atoms with Crippen molar-refractivity contribution in [3.63, 3.8) is 0 Å². The quantitative estimate of drug-likeness (QED) is 0.612. The molecule has 1 aromatic carbocycles. The minimum Gasteiger partial charge on any atom is -1.00 e. The molecule has 7 heteroatoms. The van der Waals surface area contributed by atoms with Crippen LogP contribution in [-0.4, -0.2) is 52.4 Å². The molecule has 0 atom stereocenters. The molecule has 3 saturated heterocycles. The maximum absolute atomic E-state index is 11.4. The molecular formula is C17H23LiN4O2. The van der Waals surface area contributed by atoms with Crippen molar-refractivity contribution in [3.8, 4) is 0 Å². The molecule has 3 aliphatic heterocycles. The van der Waals surface area contributed by atoms with E-state index >= 15 is 0 Å². The number of piperidine rings is 3. The van der Waals surface area contributed by atoms with Crippen molar-refractivity contribution in [2.75, 3.05) is 26.2 Å². The van der Waals surface area contributed by atoms with Gasteiger partial charge in [-0.3, -0.25) is 5.10 Å². The molecule has 124 valence electrons. The van der Waals surface area contributed by atoms with E-state index in [4.69, 9.17) is 0 Å². The van der Waals surface area contributed by atoms with Gasteiger partial charge in [0.2, 0.25) is 0 Å². The van der Waals surface area contributed by atoms with Gasteiger partial charge in [0.1, 0.15) is 0 Å². The van der Waals surface area contributed by atoms with Gasteiger partial charge in [0.05, 0.1) is 16.8 Å². The van der Waals surface area contributed by atoms with E-state index in [1.165, 1.54) is 38.9 Å². The maximum atomic E-state index is 11.4. The number of rotatable bonds is 5. The first kappa shape index (κ1) is 17.5. The Kier molecular flexibility index (Phi) is 5.02. The number of benzene rings is 1. The van der Waals surface area contributed by atoms with Crippen molar-refractivity contribution in [3.05, 3.63) is 29.5 Å². The molecule has 0 unspecified atom stereocenters. The Morgan fingerprint density at radius 1 is 1.33 bits per heavy atom. The molecule has 3 aliphatic rings. The van der Waals surface area contributed by atoms with E-state index in [0.29, 0.717) is 23.0 Å². The van der Waals surface area contributed by atoms with Crippen LogP contribution in [0.5, 0.6) is 0 Å². The van der Waals surface area contributed by atoms with Crippen molar-refractivity contribution in [2.45, 2.75) is 25.8 Å². The zero-order valence-corrected chi connectivity index (χ0v) is 14.1.